The Labute approximate surface area is 116 Å². The summed E-state index contributed by atoms with van der Waals surface area (Å²) in [5.74, 6) is 2.04. The largest absolute Gasteiger partial charge is 0.443 e. The van der Waals surface area contributed by atoms with Crippen molar-refractivity contribution in [3.63, 3.8) is 0 Å². The van der Waals surface area contributed by atoms with Crippen LogP contribution < -0.4 is 0 Å². The fraction of sp³-hybridized carbons (Fsp3) is 0.833. The van der Waals surface area contributed by atoms with E-state index >= 15 is 0 Å². The number of hydrogen-bond acceptors (Lipinski definition) is 5. The van der Waals surface area contributed by atoms with Crippen LogP contribution in [-0.4, -0.2) is 44.6 Å². The molecule has 0 atom stereocenters. The third kappa shape index (κ3) is 3.15. The average Bonchev–Trinajstić information content (AvgIpc) is 2.54. The molecule has 0 aromatic heterocycles. The van der Waals surface area contributed by atoms with Gasteiger partial charge in [-0.2, -0.15) is 0 Å². The summed E-state index contributed by atoms with van der Waals surface area (Å²) in [5.41, 5.74) is -0.556. The van der Waals surface area contributed by atoms with Crippen LogP contribution in [0.5, 0.6) is 0 Å². The normalized spacial score (nSPS) is 23.5. The van der Waals surface area contributed by atoms with E-state index in [-0.39, 0.29) is 9.99 Å². The molecule has 6 heteroatoms. The molecule has 0 unspecified atom stereocenters. The predicted octanol–water partition coefficient (Wildman–Crippen LogP) is 2.72. The quantitative estimate of drug-likeness (QED) is 0.686. The first-order valence-electron chi connectivity index (χ1n) is 6.13. The second-order valence-corrected chi connectivity index (χ2v) is 8.81. The minimum absolute atomic E-state index is 0.105. The van der Waals surface area contributed by atoms with E-state index in [0.29, 0.717) is 13.0 Å². The summed E-state index contributed by atoms with van der Waals surface area (Å²) >= 11 is 3.62. The van der Waals surface area contributed by atoms with Crippen molar-refractivity contribution in [2.45, 2.75) is 43.3 Å². The highest BCUT2D eigenvalue weighted by Gasteiger charge is 2.48. The van der Waals surface area contributed by atoms with E-state index in [1.165, 1.54) is 11.3 Å². The molecule has 2 aliphatic rings. The number of hydrogen-bond donors (Lipinski definition) is 0. The highest BCUT2D eigenvalue weighted by molar-refractivity contribution is 8.18. The summed E-state index contributed by atoms with van der Waals surface area (Å²) in [7, 11) is 0. The fourth-order valence-electron chi connectivity index (χ4n) is 2.00. The molecule has 2 fully saturated rings. The maximum Gasteiger partial charge on any atom is 0.417 e. The summed E-state index contributed by atoms with van der Waals surface area (Å²) in [6.45, 7) is 5.91. The van der Waals surface area contributed by atoms with Gasteiger partial charge >= 0.3 is 6.09 Å². The molecule has 4 nitrogen and oxygen atoms in total. The summed E-state index contributed by atoms with van der Waals surface area (Å²) in [6.07, 6.45) is 1.12. The molecule has 0 aromatic rings. The maximum atomic E-state index is 12.0. The van der Waals surface area contributed by atoms with Crippen LogP contribution in [0.1, 0.15) is 33.6 Å². The van der Waals surface area contributed by atoms with Crippen LogP contribution in [0.4, 0.5) is 4.79 Å². The first-order chi connectivity index (χ1) is 8.31. The number of ether oxygens (including phenoxy) is 1. The second-order valence-electron chi connectivity index (χ2n) is 5.60. The van der Waals surface area contributed by atoms with Crippen molar-refractivity contribution in [1.82, 2.24) is 4.90 Å². The van der Waals surface area contributed by atoms with Gasteiger partial charge < -0.3 is 4.74 Å². The number of thioether (sulfide) groups is 2. The fourth-order valence-corrected chi connectivity index (χ4v) is 5.23. The van der Waals surface area contributed by atoms with Crippen LogP contribution in [0.3, 0.4) is 0 Å². The summed E-state index contributed by atoms with van der Waals surface area (Å²) < 4.78 is 5.15. The molecule has 102 valence electrons. The molecule has 0 saturated carbocycles. The monoisotopic (exact) mass is 289 g/mol. The van der Waals surface area contributed by atoms with E-state index in [1.54, 1.807) is 0 Å². The Morgan fingerprint density at radius 2 is 1.94 bits per heavy atom. The third-order valence-electron chi connectivity index (χ3n) is 2.75. The molecule has 2 aliphatic heterocycles. The number of likely N-dealkylation sites (tertiary alicyclic amines) is 1. The Bertz CT molecular complexity index is 359. The van der Waals surface area contributed by atoms with E-state index < -0.39 is 11.7 Å². The van der Waals surface area contributed by atoms with Gasteiger partial charge in [-0.25, -0.2) is 9.69 Å². The Morgan fingerprint density at radius 1 is 1.33 bits per heavy atom. The van der Waals surface area contributed by atoms with Gasteiger partial charge in [-0.1, -0.05) is 0 Å². The van der Waals surface area contributed by atoms with Crippen LogP contribution in [0.2, 0.25) is 0 Å². The minimum atomic E-state index is -0.556. The van der Waals surface area contributed by atoms with Crippen molar-refractivity contribution in [2.24, 2.45) is 0 Å². The van der Waals surface area contributed by atoms with Crippen LogP contribution in [-0.2, 0) is 9.53 Å². The zero-order valence-corrected chi connectivity index (χ0v) is 12.7. The first-order valence-corrected chi connectivity index (χ1v) is 8.10. The predicted molar refractivity (Wildman–Crippen MR) is 74.8 cm³/mol. The molecule has 0 aromatic carbocycles. The van der Waals surface area contributed by atoms with Crippen molar-refractivity contribution < 1.29 is 14.3 Å². The number of imide groups is 1. The van der Waals surface area contributed by atoms with Crippen LogP contribution in [0.15, 0.2) is 0 Å². The smallest absolute Gasteiger partial charge is 0.417 e. The zero-order chi connectivity index (χ0) is 13.4. The molecule has 2 rings (SSSR count). The van der Waals surface area contributed by atoms with E-state index in [9.17, 15) is 9.59 Å². The molecule has 0 aliphatic carbocycles. The summed E-state index contributed by atoms with van der Waals surface area (Å²) in [5, 5.41) is 0. The van der Waals surface area contributed by atoms with Crippen molar-refractivity contribution in [1.29, 1.82) is 0 Å². The molecule has 2 amide bonds. The topological polar surface area (TPSA) is 46.6 Å². The second kappa shape index (κ2) is 4.96. The molecule has 0 N–H and O–H groups in total. The third-order valence-corrected chi connectivity index (χ3v) is 6.05. The van der Waals surface area contributed by atoms with Crippen molar-refractivity contribution >= 4 is 35.5 Å². The Balaban J connectivity index is 2.03. The maximum absolute atomic E-state index is 12.0. The lowest BCUT2D eigenvalue weighted by Gasteiger charge is -2.31. The molecule has 2 saturated heterocycles. The Kier molecular flexibility index (Phi) is 3.88. The van der Waals surface area contributed by atoms with Gasteiger partial charge in [0.2, 0.25) is 5.91 Å². The van der Waals surface area contributed by atoms with E-state index in [4.69, 9.17) is 4.74 Å². The van der Waals surface area contributed by atoms with Crippen LogP contribution in [0.25, 0.3) is 0 Å². The number of amides is 2. The van der Waals surface area contributed by atoms with Crippen LogP contribution in [0, 0.1) is 0 Å². The minimum Gasteiger partial charge on any atom is -0.443 e. The lowest BCUT2D eigenvalue weighted by atomic mass is 10.2. The summed E-state index contributed by atoms with van der Waals surface area (Å²) in [6, 6.07) is 0. The Hall–Kier alpha value is -0.360. The molecular weight excluding hydrogens is 270 g/mol. The van der Waals surface area contributed by atoms with Gasteiger partial charge in [0.25, 0.3) is 0 Å². The first kappa shape index (κ1) is 14.1. The molecular formula is C12H19NO3S2. The highest BCUT2D eigenvalue weighted by Crippen LogP contribution is 2.48. The van der Waals surface area contributed by atoms with Gasteiger partial charge in [0, 0.05) is 0 Å². The highest BCUT2D eigenvalue weighted by atomic mass is 32.2. The number of carbonyl (C=O) groups is 2. The molecule has 18 heavy (non-hydrogen) atoms. The van der Waals surface area contributed by atoms with Gasteiger partial charge in [0.05, 0.1) is 17.0 Å². The number of carbonyl (C=O) groups excluding carboxylic acids is 2. The zero-order valence-electron chi connectivity index (χ0n) is 11.0. The van der Waals surface area contributed by atoms with E-state index in [1.807, 2.05) is 44.3 Å². The average molecular weight is 289 g/mol. The van der Waals surface area contributed by atoms with Gasteiger partial charge in [0.15, 0.2) is 0 Å². The lowest BCUT2D eigenvalue weighted by Crippen LogP contribution is -2.39. The van der Waals surface area contributed by atoms with Gasteiger partial charge in [-0.05, 0) is 38.7 Å². The van der Waals surface area contributed by atoms with Crippen molar-refractivity contribution in [2.75, 3.05) is 18.1 Å². The van der Waals surface area contributed by atoms with E-state index in [0.717, 1.165) is 11.5 Å². The summed E-state index contributed by atoms with van der Waals surface area (Å²) in [4.78, 5) is 25.2. The van der Waals surface area contributed by atoms with Crippen LogP contribution >= 0.6 is 23.5 Å². The van der Waals surface area contributed by atoms with Crippen molar-refractivity contribution in [3.8, 4) is 0 Å². The van der Waals surface area contributed by atoms with E-state index in [2.05, 4.69) is 0 Å². The Morgan fingerprint density at radius 3 is 2.50 bits per heavy atom. The molecule has 0 bridgehead atoms. The molecule has 0 radical (unpaired) electrons. The molecule has 1 spiro atoms. The van der Waals surface area contributed by atoms with Gasteiger partial charge in [-0.3, -0.25) is 4.79 Å². The SMILES string of the molecule is CC(C)(C)OC(=O)N1CC2(CC1=O)SCCCS2. The lowest BCUT2D eigenvalue weighted by molar-refractivity contribution is -0.126. The van der Waals surface area contributed by atoms with Gasteiger partial charge in [-0.15, -0.1) is 23.5 Å². The van der Waals surface area contributed by atoms with Gasteiger partial charge in [0.1, 0.15) is 5.60 Å². The number of rotatable bonds is 0. The standard InChI is InChI=1S/C12H19NO3S2/c1-11(2,3)16-10(15)13-8-12(7-9(13)14)17-5-4-6-18-12/h4-8H2,1-3H3. The van der Waals surface area contributed by atoms with Crippen molar-refractivity contribution in [3.05, 3.63) is 0 Å². The molecule has 2 heterocycles. The number of nitrogens with zero attached hydrogens (tertiary/aromatic N) is 1.